The molecular weight excluding hydrogens is 210 g/mol. The Labute approximate surface area is 97.1 Å². The van der Waals surface area contributed by atoms with Crippen LogP contribution in [0.15, 0.2) is 0 Å². The van der Waals surface area contributed by atoms with E-state index in [1.165, 1.54) is 0 Å². The van der Waals surface area contributed by atoms with Crippen LogP contribution in [0.1, 0.15) is 13.3 Å². The Morgan fingerprint density at radius 1 is 1.50 bits per heavy atom. The second-order valence-corrected chi connectivity index (χ2v) is 4.22. The molecule has 5 nitrogen and oxygen atoms in total. The molecule has 1 saturated heterocycles. The fourth-order valence-electron chi connectivity index (χ4n) is 1.62. The lowest BCUT2D eigenvalue weighted by atomic mass is 10.2. The van der Waals surface area contributed by atoms with Crippen molar-refractivity contribution in [2.45, 2.75) is 31.6 Å². The third-order valence-electron chi connectivity index (χ3n) is 2.55. The SMILES string of the molecule is COCC(C)OCC(O)CNC1CCOC1. The summed E-state index contributed by atoms with van der Waals surface area (Å²) in [7, 11) is 1.64. The van der Waals surface area contributed by atoms with E-state index in [1.807, 2.05) is 6.92 Å². The molecule has 16 heavy (non-hydrogen) atoms. The minimum absolute atomic E-state index is 0.0227. The monoisotopic (exact) mass is 233 g/mol. The van der Waals surface area contributed by atoms with Gasteiger partial charge in [0.15, 0.2) is 0 Å². The van der Waals surface area contributed by atoms with Crippen molar-refractivity contribution in [1.82, 2.24) is 5.32 Å². The first kappa shape index (κ1) is 13.9. The lowest BCUT2D eigenvalue weighted by Crippen LogP contribution is -2.38. The van der Waals surface area contributed by atoms with Gasteiger partial charge < -0.3 is 24.6 Å². The first-order chi connectivity index (χ1) is 7.72. The molecule has 96 valence electrons. The van der Waals surface area contributed by atoms with Crippen LogP contribution in [0.25, 0.3) is 0 Å². The van der Waals surface area contributed by atoms with E-state index in [0.29, 0.717) is 25.8 Å². The van der Waals surface area contributed by atoms with Gasteiger partial charge in [-0.05, 0) is 13.3 Å². The fraction of sp³-hybridized carbons (Fsp3) is 1.00. The Kier molecular flexibility index (Phi) is 6.91. The van der Waals surface area contributed by atoms with Crippen molar-refractivity contribution in [3.8, 4) is 0 Å². The van der Waals surface area contributed by atoms with Crippen molar-refractivity contribution in [1.29, 1.82) is 0 Å². The van der Waals surface area contributed by atoms with E-state index in [2.05, 4.69) is 5.32 Å². The number of hydrogen-bond donors (Lipinski definition) is 2. The quantitative estimate of drug-likeness (QED) is 0.607. The molecule has 2 N–H and O–H groups in total. The van der Waals surface area contributed by atoms with Crippen LogP contribution in [0, 0.1) is 0 Å². The maximum Gasteiger partial charge on any atom is 0.0897 e. The molecule has 1 fully saturated rings. The second kappa shape index (κ2) is 7.97. The van der Waals surface area contributed by atoms with Gasteiger partial charge in [0.25, 0.3) is 0 Å². The summed E-state index contributed by atoms with van der Waals surface area (Å²) in [6, 6.07) is 0.381. The molecule has 0 aromatic heterocycles. The molecule has 0 spiro atoms. The zero-order valence-electron chi connectivity index (χ0n) is 10.1. The minimum atomic E-state index is -0.472. The molecule has 5 heteroatoms. The van der Waals surface area contributed by atoms with Crippen molar-refractivity contribution in [3.63, 3.8) is 0 Å². The van der Waals surface area contributed by atoms with E-state index < -0.39 is 6.10 Å². The van der Waals surface area contributed by atoms with Crippen LogP contribution in [0.3, 0.4) is 0 Å². The topological polar surface area (TPSA) is 60.0 Å². The van der Waals surface area contributed by atoms with E-state index in [0.717, 1.165) is 19.6 Å². The average molecular weight is 233 g/mol. The Bertz CT molecular complexity index is 173. The molecule has 3 unspecified atom stereocenters. The lowest BCUT2D eigenvalue weighted by Gasteiger charge is -2.18. The van der Waals surface area contributed by atoms with E-state index >= 15 is 0 Å². The first-order valence-electron chi connectivity index (χ1n) is 5.82. The summed E-state index contributed by atoms with van der Waals surface area (Å²) in [6.07, 6.45) is 0.572. The summed E-state index contributed by atoms with van der Waals surface area (Å²) in [6.45, 7) is 4.92. The molecule has 0 aromatic rings. The van der Waals surface area contributed by atoms with E-state index in [4.69, 9.17) is 14.2 Å². The van der Waals surface area contributed by atoms with E-state index in [-0.39, 0.29) is 6.10 Å². The van der Waals surface area contributed by atoms with Gasteiger partial charge in [0.05, 0.1) is 32.0 Å². The summed E-state index contributed by atoms with van der Waals surface area (Å²) in [5.41, 5.74) is 0. The van der Waals surface area contributed by atoms with Crippen molar-refractivity contribution in [2.75, 3.05) is 40.1 Å². The fourth-order valence-corrected chi connectivity index (χ4v) is 1.62. The second-order valence-electron chi connectivity index (χ2n) is 4.22. The van der Waals surface area contributed by atoms with Gasteiger partial charge in [0, 0.05) is 26.3 Å². The van der Waals surface area contributed by atoms with Gasteiger partial charge in [-0.15, -0.1) is 0 Å². The third-order valence-corrected chi connectivity index (χ3v) is 2.55. The maximum atomic E-state index is 9.66. The standard InChI is InChI=1S/C11H23NO4/c1-9(6-14-2)16-8-11(13)5-12-10-3-4-15-7-10/h9-13H,3-8H2,1-2H3. The van der Waals surface area contributed by atoms with E-state index in [9.17, 15) is 5.11 Å². The van der Waals surface area contributed by atoms with Crippen LogP contribution in [-0.4, -0.2) is 63.4 Å². The molecule has 1 aliphatic heterocycles. The Hall–Kier alpha value is -0.200. The predicted molar refractivity (Wildman–Crippen MR) is 60.5 cm³/mol. The predicted octanol–water partition coefficient (Wildman–Crippen LogP) is -0.223. The average Bonchev–Trinajstić information content (AvgIpc) is 2.77. The first-order valence-corrected chi connectivity index (χ1v) is 5.82. The number of nitrogens with one attached hydrogen (secondary N) is 1. The highest BCUT2D eigenvalue weighted by molar-refractivity contribution is 4.72. The van der Waals surface area contributed by atoms with E-state index in [1.54, 1.807) is 7.11 Å². The number of aliphatic hydroxyl groups excluding tert-OH is 1. The molecule has 0 saturated carbocycles. The van der Waals surface area contributed by atoms with Gasteiger partial charge in [0.1, 0.15) is 0 Å². The van der Waals surface area contributed by atoms with Crippen molar-refractivity contribution in [3.05, 3.63) is 0 Å². The number of rotatable bonds is 8. The molecule has 0 radical (unpaired) electrons. The highest BCUT2D eigenvalue weighted by Gasteiger charge is 2.16. The Balaban J connectivity index is 1.99. The molecule has 3 atom stereocenters. The minimum Gasteiger partial charge on any atom is -0.389 e. The number of methoxy groups -OCH3 is 1. The van der Waals surface area contributed by atoms with Gasteiger partial charge in [0.2, 0.25) is 0 Å². The molecule has 0 amide bonds. The highest BCUT2D eigenvalue weighted by atomic mass is 16.5. The van der Waals surface area contributed by atoms with Gasteiger partial charge in [-0.25, -0.2) is 0 Å². The van der Waals surface area contributed by atoms with Crippen molar-refractivity contribution < 1.29 is 19.3 Å². The molecule has 1 aliphatic rings. The van der Waals surface area contributed by atoms with Gasteiger partial charge >= 0.3 is 0 Å². The summed E-state index contributed by atoms with van der Waals surface area (Å²) < 4.78 is 15.6. The third kappa shape index (κ3) is 5.77. The summed E-state index contributed by atoms with van der Waals surface area (Å²) in [5.74, 6) is 0. The van der Waals surface area contributed by atoms with Crippen LogP contribution in [0.4, 0.5) is 0 Å². The molecule has 1 heterocycles. The maximum absolute atomic E-state index is 9.66. The Morgan fingerprint density at radius 3 is 2.94 bits per heavy atom. The summed E-state index contributed by atoms with van der Waals surface area (Å²) in [5, 5.41) is 12.9. The molecular formula is C11H23NO4. The van der Waals surface area contributed by atoms with Crippen LogP contribution in [-0.2, 0) is 14.2 Å². The van der Waals surface area contributed by atoms with Gasteiger partial charge in [-0.1, -0.05) is 0 Å². The highest BCUT2D eigenvalue weighted by Crippen LogP contribution is 2.03. The lowest BCUT2D eigenvalue weighted by molar-refractivity contribution is -0.0316. The molecule has 0 aromatic carbocycles. The largest absolute Gasteiger partial charge is 0.389 e. The number of ether oxygens (including phenoxy) is 3. The van der Waals surface area contributed by atoms with Crippen molar-refractivity contribution in [2.24, 2.45) is 0 Å². The number of aliphatic hydroxyl groups is 1. The Morgan fingerprint density at radius 2 is 2.31 bits per heavy atom. The van der Waals surface area contributed by atoms with Crippen molar-refractivity contribution >= 4 is 0 Å². The zero-order chi connectivity index (χ0) is 11.8. The molecule has 0 aliphatic carbocycles. The van der Waals surface area contributed by atoms with Crippen LogP contribution < -0.4 is 5.32 Å². The summed E-state index contributed by atoms with van der Waals surface area (Å²) in [4.78, 5) is 0. The van der Waals surface area contributed by atoms with Gasteiger partial charge in [-0.3, -0.25) is 0 Å². The smallest absolute Gasteiger partial charge is 0.0897 e. The zero-order valence-corrected chi connectivity index (χ0v) is 10.1. The van der Waals surface area contributed by atoms with Crippen LogP contribution >= 0.6 is 0 Å². The molecule has 0 bridgehead atoms. The molecule has 1 rings (SSSR count). The normalized spacial score (nSPS) is 24.6. The van der Waals surface area contributed by atoms with Crippen LogP contribution in [0.2, 0.25) is 0 Å². The summed E-state index contributed by atoms with van der Waals surface area (Å²) >= 11 is 0. The number of hydrogen-bond acceptors (Lipinski definition) is 5. The van der Waals surface area contributed by atoms with Gasteiger partial charge in [-0.2, -0.15) is 0 Å². The van der Waals surface area contributed by atoms with Crippen LogP contribution in [0.5, 0.6) is 0 Å².